The second-order valence-electron chi connectivity index (χ2n) is 4.16. The maximum absolute atomic E-state index is 11.1. The number of carbonyl (C=O) groups excluding carboxylic acids is 3. The van der Waals surface area contributed by atoms with Crippen molar-refractivity contribution in [1.82, 2.24) is 0 Å². The predicted octanol–water partition coefficient (Wildman–Crippen LogP) is -13.0. The van der Waals surface area contributed by atoms with Gasteiger partial charge in [-0.2, -0.15) is 0 Å². The zero-order valence-electron chi connectivity index (χ0n) is 19.4. The number of carbonyl (C=O) groups is 5. The van der Waals surface area contributed by atoms with E-state index in [2.05, 4.69) is 9.47 Å². The van der Waals surface area contributed by atoms with Crippen LogP contribution in [0.1, 0.15) is 31.4 Å². The van der Waals surface area contributed by atoms with Crippen LogP contribution < -0.4 is 108 Å². The van der Waals surface area contributed by atoms with Crippen LogP contribution in [0.25, 0.3) is 0 Å². The Bertz CT molecular complexity index is 460. The molecule has 0 aromatic rings. The van der Waals surface area contributed by atoms with E-state index in [1.807, 2.05) is 0 Å². The van der Waals surface area contributed by atoms with Gasteiger partial charge in [0.2, 0.25) is 0 Å². The van der Waals surface area contributed by atoms with Crippen molar-refractivity contribution in [1.29, 1.82) is 0 Å². The molecule has 0 rings (SSSR count). The summed E-state index contributed by atoms with van der Waals surface area (Å²) in [6, 6.07) is -2.58. The number of carboxylic acid groups (broad SMARTS) is 2. The van der Waals surface area contributed by atoms with Gasteiger partial charge < -0.3 is 36.9 Å². The van der Waals surface area contributed by atoms with Gasteiger partial charge in [-0.05, 0) is 12.8 Å². The second-order valence-corrected chi connectivity index (χ2v) is 4.16. The van der Waals surface area contributed by atoms with E-state index >= 15 is 0 Å². The van der Waals surface area contributed by atoms with Crippen molar-refractivity contribution in [3.63, 3.8) is 0 Å². The number of rotatable bonds is 8. The molecule has 0 unspecified atom stereocenters. The second kappa shape index (κ2) is 20.4. The maximum atomic E-state index is 11.1. The zero-order valence-corrected chi connectivity index (χ0v) is 19.4. The fraction of sp³-hybridized carbons (Fsp3) is 0.545. The van der Waals surface area contributed by atoms with E-state index in [1.165, 1.54) is 0 Å². The molecule has 0 aliphatic rings. The Hall–Kier alpha value is 0.665. The van der Waals surface area contributed by atoms with Crippen LogP contribution in [0.2, 0.25) is 0 Å². The van der Waals surface area contributed by atoms with E-state index < -0.39 is 55.0 Å². The average molecular weight is 384 g/mol. The molecule has 0 radical (unpaired) electrons. The first-order valence-corrected chi connectivity index (χ1v) is 6.05. The Morgan fingerprint density at radius 2 is 1.04 bits per heavy atom. The van der Waals surface area contributed by atoms with Gasteiger partial charge in [0.05, 0.1) is 0 Å². The summed E-state index contributed by atoms with van der Waals surface area (Å²) in [4.78, 5) is 54.1. The third-order valence-corrected chi connectivity index (χ3v) is 2.35. The third-order valence-electron chi connectivity index (χ3n) is 2.35. The van der Waals surface area contributed by atoms with Crippen molar-refractivity contribution < 1.29 is 146 Å². The van der Waals surface area contributed by atoms with Gasteiger partial charge >= 0.3 is 127 Å². The van der Waals surface area contributed by atoms with Gasteiger partial charge in [-0.25, -0.2) is 4.79 Å². The quantitative estimate of drug-likeness (QED) is 0.176. The molecule has 132 valence electrons. The van der Waals surface area contributed by atoms with Crippen LogP contribution >= 0.6 is 0 Å². The average Bonchev–Trinajstić information content (AvgIpc) is 2.41. The molecule has 26 heavy (non-hydrogen) atoms. The Labute approximate surface area is 223 Å². The summed E-state index contributed by atoms with van der Waals surface area (Å²) < 4.78 is 8.18. The molecule has 0 aliphatic heterocycles. The van der Waals surface area contributed by atoms with E-state index in [9.17, 15) is 24.0 Å². The van der Waals surface area contributed by atoms with Gasteiger partial charge in [-0.15, -0.1) is 0 Å². The first-order valence-electron chi connectivity index (χ1n) is 6.05. The molecule has 0 saturated heterocycles. The number of esters is 2. The Morgan fingerprint density at radius 3 is 1.27 bits per heavy atom. The maximum Gasteiger partial charge on any atom is 1.00 e. The molecule has 0 heterocycles. The summed E-state index contributed by atoms with van der Waals surface area (Å²) in [5.41, 5.74) is 10.3. The molecule has 0 bridgehead atoms. The van der Waals surface area contributed by atoms with Crippen LogP contribution in [-0.2, 0) is 28.7 Å². The van der Waals surface area contributed by atoms with Crippen LogP contribution in [0.5, 0.6) is 0 Å². The van der Waals surface area contributed by atoms with Crippen molar-refractivity contribution in [2.75, 3.05) is 0 Å². The Kier molecular flexibility index (Phi) is 29.4. The van der Waals surface area contributed by atoms with Gasteiger partial charge in [0.1, 0.15) is 12.1 Å². The van der Waals surface area contributed by atoms with Crippen molar-refractivity contribution in [3.05, 3.63) is 0 Å². The van der Waals surface area contributed by atoms with E-state index in [-0.39, 0.29) is 115 Å². The van der Waals surface area contributed by atoms with E-state index in [0.717, 1.165) is 0 Å². The van der Waals surface area contributed by atoms with E-state index in [1.54, 1.807) is 0 Å². The number of ether oxygens (including phenoxy) is 2. The van der Waals surface area contributed by atoms with Gasteiger partial charge in [0, 0.05) is 12.8 Å². The summed E-state index contributed by atoms with van der Waals surface area (Å²) in [6.07, 6.45) is -3.03. The third kappa shape index (κ3) is 19.4. The first-order chi connectivity index (χ1) is 10.1. The standard InChI is InChI=1S/C11H16N2O9.2Li.2Na.4H/c12-5(9(16)17)1-3-7(14)21-11(20)22-8(15)4-2-6(13)10(18)19;;;;;;;;/h5-6H,1-4,12-13H2,(H,16,17)(H,18,19);;;;;;;;/q;4*+1;4*-1/t5-,6-;;;;;;;;/m0......../s1. The number of aliphatic carboxylic acids is 2. The molecule has 15 heteroatoms. The largest absolute Gasteiger partial charge is 1.00 e. The molecule has 0 amide bonds. The fourth-order valence-corrected chi connectivity index (χ4v) is 1.10. The minimum atomic E-state index is -1.59. The molecule has 2 atom stereocenters. The zero-order chi connectivity index (χ0) is 17.3. The van der Waals surface area contributed by atoms with Crippen molar-refractivity contribution in [2.24, 2.45) is 11.5 Å². The van der Waals surface area contributed by atoms with Crippen molar-refractivity contribution >= 4 is 30.0 Å². The Morgan fingerprint density at radius 1 is 0.769 bits per heavy atom. The van der Waals surface area contributed by atoms with Crippen LogP contribution in [-0.4, -0.2) is 52.3 Å². The summed E-state index contributed by atoms with van der Waals surface area (Å²) in [7, 11) is 0. The molecule has 0 spiro atoms. The van der Waals surface area contributed by atoms with E-state index in [4.69, 9.17) is 21.7 Å². The van der Waals surface area contributed by atoms with Gasteiger partial charge in [0.15, 0.2) is 0 Å². The SMILES string of the molecule is N[C@@H](CCC(=O)OC(=O)OC(=O)CC[C@H](N)C(=O)O)C(=O)O.[H-].[H-].[H-].[H-].[Li+].[Li+].[Na+].[Na+]. The molecular formula is C11H20Li2N2Na2O9. The first kappa shape index (κ1) is 37.4. The normalized spacial score (nSPS) is 10.8. The van der Waals surface area contributed by atoms with Gasteiger partial charge in [-0.3, -0.25) is 19.2 Å². The van der Waals surface area contributed by atoms with Crippen LogP contribution in [0.4, 0.5) is 4.79 Å². The molecule has 0 fully saturated rings. The fourth-order valence-electron chi connectivity index (χ4n) is 1.10. The molecular weight excluding hydrogens is 364 g/mol. The number of nitrogens with two attached hydrogens (primary N) is 2. The Balaban J connectivity index is -0.0000000787. The minimum absolute atomic E-state index is 0. The molecule has 11 nitrogen and oxygen atoms in total. The predicted molar refractivity (Wildman–Crippen MR) is 71.7 cm³/mol. The number of carboxylic acids is 2. The van der Waals surface area contributed by atoms with Crippen LogP contribution in [0.15, 0.2) is 0 Å². The smallest absolute Gasteiger partial charge is 1.00 e. The summed E-state index contributed by atoms with van der Waals surface area (Å²) in [5.74, 6) is -4.87. The van der Waals surface area contributed by atoms with Gasteiger partial charge in [0.25, 0.3) is 0 Å². The monoisotopic (exact) mass is 384 g/mol. The van der Waals surface area contributed by atoms with Crippen LogP contribution in [0.3, 0.4) is 0 Å². The number of hydrogen-bond acceptors (Lipinski definition) is 9. The molecule has 0 aromatic heterocycles. The summed E-state index contributed by atoms with van der Waals surface area (Å²) in [5, 5.41) is 16.9. The summed E-state index contributed by atoms with van der Waals surface area (Å²) >= 11 is 0. The van der Waals surface area contributed by atoms with E-state index in [0.29, 0.717) is 0 Å². The molecule has 6 N–H and O–H groups in total. The minimum Gasteiger partial charge on any atom is -1.00 e. The molecule has 0 saturated carbocycles. The topological polar surface area (TPSA) is 196 Å². The molecule has 0 aromatic carbocycles. The van der Waals surface area contributed by atoms with Gasteiger partial charge in [-0.1, -0.05) is 0 Å². The number of hydrogen-bond donors (Lipinski definition) is 4. The van der Waals surface area contributed by atoms with Crippen LogP contribution in [0, 0.1) is 0 Å². The van der Waals surface area contributed by atoms with Crippen molar-refractivity contribution in [3.8, 4) is 0 Å². The summed E-state index contributed by atoms with van der Waals surface area (Å²) in [6.45, 7) is 0. The molecule has 0 aliphatic carbocycles. The van der Waals surface area contributed by atoms with Crippen molar-refractivity contribution in [2.45, 2.75) is 37.8 Å².